The van der Waals surface area contributed by atoms with Crippen molar-refractivity contribution in [2.75, 3.05) is 0 Å². The number of halogens is 2. The predicted molar refractivity (Wildman–Crippen MR) is 94.4 cm³/mol. The number of alkyl halides is 1. The summed E-state index contributed by atoms with van der Waals surface area (Å²) in [7, 11) is 0. The standard InChI is InChI=1S/C6H11BrO2.C6H13NO2.BrH.HNO2.Na/c2*1-4(2)3-5(7)6(8)9;;2-1-3;/h4-5H,3H2,1-2H3,(H,8,9);4-5H,3,7H2,1-2H3,(H,8,9);1H;(H,2,3);/q;;;;+1/p-1/t2*5-;;;/m11.../s1. The minimum atomic E-state index is -0.913. The van der Waals surface area contributed by atoms with Crippen LogP contribution in [-0.4, -0.2) is 33.0 Å². The fourth-order valence-corrected chi connectivity index (χ4v) is 1.87. The van der Waals surface area contributed by atoms with Crippen LogP contribution < -0.4 is 35.3 Å². The number of carboxylic acids is 2. The van der Waals surface area contributed by atoms with Gasteiger partial charge in [-0.05, 0) is 24.7 Å². The van der Waals surface area contributed by atoms with Gasteiger partial charge >= 0.3 is 41.5 Å². The molecule has 0 amide bonds. The normalized spacial score (nSPS) is 11.3. The molecule has 0 radical (unpaired) electrons. The first-order valence-electron chi connectivity index (χ1n) is 6.29. The van der Waals surface area contributed by atoms with Crippen LogP contribution in [0.4, 0.5) is 0 Å². The maximum Gasteiger partial charge on any atom is 1.00 e. The van der Waals surface area contributed by atoms with Crippen molar-refractivity contribution in [3.63, 3.8) is 0 Å². The van der Waals surface area contributed by atoms with Crippen molar-refractivity contribution in [1.82, 2.24) is 0 Å². The molecule has 134 valence electrons. The molecule has 0 rings (SSSR count). The fraction of sp³-hybridized carbons (Fsp3) is 0.833. The largest absolute Gasteiger partial charge is 1.00 e. The van der Waals surface area contributed by atoms with Gasteiger partial charge in [0.15, 0.2) is 0 Å². The Morgan fingerprint density at radius 3 is 1.48 bits per heavy atom. The van der Waals surface area contributed by atoms with Crippen molar-refractivity contribution >= 4 is 44.9 Å². The van der Waals surface area contributed by atoms with Crippen LogP contribution in [0.2, 0.25) is 0 Å². The Hall–Kier alpha value is 0.260. The molecule has 0 saturated carbocycles. The molecule has 0 aliphatic carbocycles. The molecule has 11 heteroatoms. The molecule has 0 aromatic rings. The average Bonchev–Trinajstić information content (AvgIpc) is 2.28. The number of aliphatic carboxylic acids is 2. The number of nitrogens with two attached hydrogens (primary N) is 1. The van der Waals surface area contributed by atoms with Crippen LogP contribution >= 0.6 is 32.9 Å². The third-order valence-corrected chi connectivity index (χ3v) is 2.75. The van der Waals surface area contributed by atoms with Crippen molar-refractivity contribution in [1.29, 1.82) is 0 Å². The van der Waals surface area contributed by atoms with Gasteiger partial charge in [0, 0.05) is 0 Å². The summed E-state index contributed by atoms with van der Waals surface area (Å²) in [5.74, 6) is -0.894. The van der Waals surface area contributed by atoms with E-state index >= 15 is 0 Å². The van der Waals surface area contributed by atoms with Gasteiger partial charge in [0.2, 0.25) is 0 Å². The number of rotatable bonds is 6. The van der Waals surface area contributed by atoms with Crippen LogP contribution in [0.25, 0.3) is 0 Å². The Kier molecular flexibility index (Phi) is 33.5. The summed E-state index contributed by atoms with van der Waals surface area (Å²) in [6.45, 7) is 7.89. The summed E-state index contributed by atoms with van der Waals surface area (Å²) in [4.78, 5) is 27.9. The molecule has 0 aliphatic heterocycles. The molecule has 4 N–H and O–H groups in total. The summed E-state index contributed by atoms with van der Waals surface area (Å²) < 4.78 is 0. The second-order valence-electron chi connectivity index (χ2n) is 5.08. The number of carboxylic acid groups (broad SMARTS) is 2. The van der Waals surface area contributed by atoms with Crippen LogP contribution in [0.5, 0.6) is 0 Å². The van der Waals surface area contributed by atoms with Gasteiger partial charge in [0.05, 0.1) is 0 Å². The third-order valence-electron chi connectivity index (χ3n) is 1.99. The molecular weight excluding hydrogens is 451 g/mol. The Morgan fingerprint density at radius 1 is 1.09 bits per heavy atom. The molecule has 0 spiro atoms. The fourth-order valence-electron chi connectivity index (χ4n) is 1.12. The zero-order chi connectivity index (χ0) is 17.6. The summed E-state index contributed by atoms with van der Waals surface area (Å²) in [6.07, 6.45) is 1.24. The zero-order valence-electron chi connectivity index (χ0n) is 14.1. The van der Waals surface area contributed by atoms with Crippen molar-refractivity contribution in [2.24, 2.45) is 22.9 Å². The Bertz CT molecular complexity index is 283. The molecule has 0 saturated heterocycles. The van der Waals surface area contributed by atoms with E-state index in [0.29, 0.717) is 24.7 Å². The topological polar surface area (TPSA) is 153 Å². The number of hydrogen-bond donors (Lipinski definition) is 3. The molecule has 0 heterocycles. The van der Waals surface area contributed by atoms with E-state index in [2.05, 4.69) is 15.9 Å². The maximum atomic E-state index is 10.2. The number of carbonyl (C=O) groups is 2. The van der Waals surface area contributed by atoms with Crippen LogP contribution in [0, 0.1) is 22.0 Å². The van der Waals surface area contributed by atoms with Crippen LogP contribution in [0.15, 0.2) is 5.34 Å². The van der Waals surface area contributed by atoms with E-state index in [4.69, 9.17) is 26.1 Å². The van der Waals surface area contributed by atoms with Gasteiger partial charge in [-0.3, -0.25) is 9.59 Å². The monoisotopic (exact) mass is 474 g/mol. The van der Waals surface area contributed by atoms with Crippen LogP contribution in [-0.2, 0) is 9.59 Å². The average molecular weight is 476 g/mol. The first-order chi connectivity index (χ1) is 9.49. The van der Waals surface area contributed by atoms with E-state index in [9.17, 15) is 9.59 Å². The molecule has 0 aliphatic rings. The minimum Gasteiger partial charge on any atom is -0.480 e. The second-order valence-corrected chi connectivity index (χ2v) is 6.19. The molecule has 0 aromatic heterocycles. The van der Waals surface area contributed by atoms with E-state index in [1.807, 2.05) is 27.7 Å². The van der Waals surface area contributed by atoms with E-state index in [0.717, 1.165) is 5.34 Å². The van der Waals surface area contributed by atoms with Gasteiger partial charge in [-0.1, -0.05) is 43.6 Å². The van der Waals surface area contributed by atoms with Gasteiger partial charge in [-0.15, -0.1) is 22.3 Å². The Morgan fingerprint density at radius 2 is 1.39 bits per heavy atom. The molecule has 0 aromatic carbocycles. The van der Waals surface area contributed by atoms with E-state index in [1.165, 1.54) is 0 Å². The quantitative estimate of drug-likeness (QED) is 0.214. The predicted octanol–water partition coefficient (Wildman–Crippen LogP) is 0.158. The third kappa shape index (κ3) is 34.6. The molecular formula is C12H25Br2N2NaO6. The van der Waals surface area contributed by atoms with Gasteiger partial charge in [0.1, 0.15) is 10.9 Å². The van der Waals surface area contributed by atoms with Gasteiger partial charge < -0.3 is 26.1 Å². The van der Waals surface area contributed by atoms with E-state index in [1.54, 1.807) is 0 Å². The van der Waals surface area contributed by atoms with E-state index in [-0.39, 0.29) is 51.4 Å². The van der Waals surface area contributed by atoms with Crippen molar-refractivity contribution in [3.05, 3.63) is 10.1 Å². The summed E-state index contributed by atoms with van der Waals surface area (Å²) in [6, 6.07) is -0.690. The summed E-state index contributed by atoms with van der Waals surface area (Å²) >= 11 is 3.04. The smallest absolute Gasteiger partial charge is 0.480 e. The van der Waals surface area contributed by atoms with Crippen LogP contribution in [0.3, 0.4) is 0 Å². The first kappa shape index (κ1) is 34.6. The van der Waals surface area contributed by atoms with Gasteiger partial charge in [-0.2, -0.15) is 0 Å². The SMILES string of the molecule is Br.CC(C)C[C@@H](Br)C(=O)O.CC(C)C[C@@H](N)C(=O)O.O=N[O-].[Na+]. The molecule has 2 atom stereocenters. The summed E-state index contributed by atoms with van der Waals surface area (Å²) in [5.41, 5.74) is 5.22. The molecule has 0 unspecified atom stereocenters. The molecule has 23 heavy (non-hydrogen) atoms. The Balaban J connectivity index is -0.0000000746. The molecule has 8 nitrogen and oxygen atoms in total. The van der Waals surface area contributed by atoms with Crippen molar-refractivity contribution in [3.8, 4) is 0 Å². The first-order valence-corrected chi connectivity index (χ1v) is 7.21. The van der Waals surface area contributed by atoms with Crippen molar-refractivity contribution in [2.45, 2.75) is 51.4 Å². The minimum absolute atomic E-state index is 0. The second kappa shape index (κ2) is 22.3. The zero-order valence-corrected chi connectivity index (χ0v) is 19.4. The molecule has 0 fully saturated rings. The number of hydrogen-bond acceptors (Lipinski definition) is 6. The maximum absolute atomic E-state index is 10.2. The van der Waals surface area contributed by atoms with Crippen molar-refractivity contribution < 1.29 is 49.4 Å². The summed E-state index contributed by atoms with van der Waals surface area (Å²) in [5, 5.41) is 25.7. The van der Waals surface area contributed by atoms with E-state index < -0.39 is 18.0 Å². The molecule has 0 bridgehead atoms. The van der Waals surface area contributed by atoms with Gasteiger partial charge in [-0.25, -0.2) is 0 Å². The Labute approximate surface area is 177 Å². The van der Waals surface area contributed by atoms with Gasteiger partial charge in [0.25, 0.3) is 0 Å². The van der Waals surface area contributed by atoms with Crippen LogP contribution in [0.1, 0.15) is 40.5 Å². The number of nitrogens with zero attached hydrogens (tertiary/aromatic N) is 1.